The van der Waals surface area contributed by atoms with Crippen LogP contribution in [0.4, 0.5) is 0 Å². The van der Waals surface area contributed by atoms with Gasteiger partial charge in [-0.05, 0) is 35.9 Å². The summed E-state index contributed by atoms with van der Waals surface area (Å²) in [4.78, 5) is 17.0. The van der Waals surface area contributed by atoms with E-state index in [4.69, 9.17) is 13.6 Å². The van der Waals surface area contributed by atoms with Gasteiger partial charge in [0, 0.05) is 16.5 Å². The molecule has 5 rings (SSSR count). The van der Waals surface area contributed by atoms with Crippen LogP contribution in [0.5, 0.6) is 0 Å². The highest BCUT2D eigenvalue weighted by atomic mass is 16.5. The Morgan fingerprint density at radius 2 is 1.80 bits per heavy atom. The molecule has 0 atom stereocenters. The first kappa shape index (κ1) is 18.2. The zero-order chi connectivity index (χ0) is 20.5. The van der Waals surface area contributed by atoms with E-state index in [-0.39, 0.29) is 19.0 Å². The van der Waals surface area contributed by atoms with Gasteiger partial charge in [0.1, 0.15) is 23.6 Å². The Morgan fingerprint density at radius 1 is 1.00 bits per heavy atom. The topological polar surface area (TPSA) is 65.5 Å². The van der Waals surface area contributed by atoms with E-state index in [1.54, 1.807) is 6.26 Å². The van der Waals surface area contributed by atoms with Crippen molar-refractivity contribution in [2.24, 2.45) is 0 Å². The molecule has 2 heterocycles. The average molecular weight is 397 g/mol. The number of esters is 1. The molecule has 0 bridgehead atoms. The van der Waals surface area contributed by atoms with Crippen molar-refractivity contribution in [3.63, 3.8) is 0 Å². The molecule has 0 amide bonds. The van der Waals surface area contributed by atoms with Crippen molar-refractivity contribution in [2.75, 3.05) is 0 Å². The quantitative estimate of drug-likeness (QED) is 0.349. The van der Waals surface area contributed by atoms with Crippen molar-refractivity contribution < 1.29 is 18.4 Å². The number of ether oxygens (including phenoxy) is 1. The summed E-state index contributed by atoms with van der Waals surface area (Å²) in [5.74, 6) is 0.821. The predicted molar refractivity (Wildman–Crippen MR) is 114 cm³/mol. The number of nitrogens with zero attached hydrogens (tertiary/aromatic N) is 1. The van der Waals surface area contributed by atoms with Gasteiger partial charge >= 0.3 is 5.97 Å². The second kappa shape index (κ2) is 7.52. The average Bonchev–Trinajstić information content (AvgIpc) is 3.36. The molecule has 5 heteroatoms. The molecule has 0 aliphatic carbocycles. The zero-order valence-electron chi connectivity index (χ0n) is 16.4. The Labute approximate surface area is 172 Å². The molecule has 0 saturated carbocycles. The molecule has 3 aromatic carbocycles. The minimum Gasteiger partial charge on any atom is -0.464 e. The fourth-order valence-electron chi connectivity index (χ4n) is 3.63. The normalized spacial score (nSPS) is 11.2. The van der Waals surface area contributed by atoms with Gasteiger partial charge in [-0.25, -0.2) is 4.98 Å². The fourth-order valence-corrected chi connectivity index (χ4v) is 3.63. The molecule has 2 aromatic heterocycles. The molecular weight excluding hydrogens is 378 g/mol. The van der Waals surface area contributed by atoms with Crippen LogP contribution in [0.15, 0.2) is 81.8 Å². The van der Waals surface area contributed by atoms with Gasteiger partial charge in [0.15, 0.2) is 0 Å². The van der Waals surface area contributed by atoms with E-state index in [1.165, 1.54) is 0 Å². The third-order valence-corrected chi connectivity index (χ3v) is 5.16. The third-order valence-electron chi connectivity index (χ3n) is 5.16. The van der Waals surface area contributed by atoms with E-state index in [1.807, 2.05) is 73.7 Å². The third kappa shape index (κ3) is 3.35. The number of carbonyl (C=O) groups excluding carboxylic acids is 1. The Kier molecular flexibility index (Phi) is 4.56. The molecule has 0 aliphatic rings. The van der Waals surface area contributed by atoms with Crippen LogP contribution in [-0.2, 0) is 22.6 Å². The van der Waals surface area contributed by atoms with Crippen molar-refractivity contribution in [2.45, 2.75) is 20.0 Å². The fraction of sp³-hybridized carbons (Fsp3) is 0.120. The lowest BCUT2D eigenvalue weighted by molar-refractivity contribution is -0.144. The lowest BCUT2D eigenvalue weighted by atomic mass is 10.0. The molecule has 0 saturated heterocycles. The first-order valence-electron chi connectivity index (χ1n) is 9.74. The smallest absolute Gasteiger partial charge is 0.310 e. The largest absolute Gasteiger partial charge is 0.464 e. The summed E-state index contributed by atoms with van der Waals surface area (Å²) in [6.45, 7) is 1.88. The summed E-state index contributed by atoms with van der Waals surface area (Å²) in [7, 11) is 0. The van der Waals surface area contributed by atoms with Crippen LogP contribution in [0, 0.1) is 6.92 Å². The molecule has 5 aromatic rings. The van der Waals surface area contributed by atoms with Gasteiger partial charge in [0.2, 0.25) is 5.89 Å². The summed E-state index contributed by atoms with van der Waals surface area (Å²) in [5.41, 5.74) is 3.07. The maximum Gasteiger partial charge on any atom is 0.310 e. The summed E-state index contributed by atoms with van der Waals surface area (Å²) in [6, 6.07) is 21.6. The van der Waals surface area contributed by atoms with E-state index in [0.29, 0.717) is 17.3 Å². The van der Waals surface area contributed by atoms with E-state index < -0.39 is 0 Å². The molecule has 0 N–H and O–H groups in total. The second-order valence-electron chi connectivity index (χ2n) is 7.15. The van der Waals surface area contributed by atoms with Crippen molar-refractivity contribution in [3.8, 4) is 11.5 Å². The van der Waals surface area contributed by atoms with Crippen molar-refractivity contribution in [1.82, 2.24) is 4.98 Å². The van der Waals surface area contributed by atoms with Gasteiger partial charge in [-0.3, -0.25) is 4.79 Å². The van der Waals surface area contributed by atoms with E-state index in [9.17, 15) is 4.79 Å². The van der Waals surface area contributed by atoms with Crippen molar-refractivity contribution >= 4 is 27.7 Å². The van der Waals surface area contributed by atoms with Crippen LogP contribution in [0.25, 0.3) is 33.2 Å². The Hall–Kier alpha value is -3.86. The van der Waals surface area contributed by atoms with Crippen LogP contribution < -0.4 is 0 Å². The highest BCUT2D eigenvalue weighted by Gasteiger charge is 2.16. The Morgan fingerprint density at radius 3 is 2.67 bits per heavy atom. The molecule has 0 fully saturated rings. The van der Waals surface area contributed by atoms with Crippen molar-refractivity contribution in [1.29, 1.82) is 0 Å². The molecule has 0 unspecified atom stereocenters. The van der Waals surface area contributed by atoms with Crippen LogP contribution in [0.2, 0.25) is 0 Å². The molecule has 5 nitrogen and oxygen atoms in total. The molecule has 0 aliphatic heterocycles. The monoisotopic (exact) mass is 397 g/mol. The Bertz CT molecular complexity index is 1350. The number of hydrogen-bond donors (Lipinski definition) is 0. The van der Waals surface area contributed by atoms with Gasteiger partial charge in [-0.15, -0.1) is 0 Å². The number of fused-ring (bicyclic) bond motifs is 3. The minimum atomic E-state index is -0.339. The number of hydrogen-bond acceptors (Lipinski definition) is 5. The number of carbonyl (C=O) groups is 1. The van der Waals surface area contributed by atoms with Crippen LogP contribution in [-0.4, -0.2) is 11.0 Å². The molecule has 0 spiro atoms. The van der Waals surface area contributed by atoms with Crippen molar-refractivity contribution in [3.05, 3.63) is 90.0 Å². The van der Waals surface area contributed by atoms with Gasteiger partial charge in [0.05, 0.1) is 12.7 Å². The highest BCUT2D eigenvalue weighted by Crippen LogP contribution is 2.30. The predicted octanol–water partition coefficient (Wildman–Crippen LogP) is 5.84. The van der Waals surface area contributed by atoms with E-state index in [0.717, 1.165) is 32.9 Å². The lowest BCUT2D eigenvalue weighted by Crippen LogP contribution is -2.08. The van der Waals surface area contributed by atoms with Gasteiger partial charge in [-0.1, -0.05) is 48.5 Å². The summed E-state index contributed by atoms with van der Waals surface area (Å²) in [5, 5.41) is 3.12. The maximum absolute atomic E-state index is 12.5. The molecular formula is C25H19NO4. The summed E-state index contributed by atoms with van der Waals surface area (Å²) >= 11 is 0. The number of benzene rings is 3. The SMILES string of the molecule is Cc1oc(-c2ccccc2)nc1COC(=O)Cc1coc2ccc3ccccc3c12. The highest BCUT2D eigenvalue weighted by molar-refractivity contribution is 6.08. The second-order valence-corrected chi connectivity index (χ2v) is 7.15. The number of oxazole rings is 1. The first-order chi connectivity index (χ1) is 14.7. The summed E-state index contributed by atoms with van der Waals surface area (Å²) < 4.78 is 16.9. The van der Waals surface area contributed by atoms with Gasteiger partial charge < -0.3 is 13.6 Å². The first-order valence-corrected chi connectivity index (χ1v) is 9.74. The standard InChI is InChI=1S/C25H19NO4/c1-16-21(26-25(30-16)18-8-3-2-4-9-18)15-29-23(27)13-19-14-28-22-12-11-17-7-5-6-10-20(17)24(19)22/h2-12,14H,13,15H2,1H3. The molecule has 30 heavy (non-hydrogen) atoms. The summed E-state index contributed by atoms with van der Waals surface area (Å²) in [6.07, 6.45) is 1.76. The molecule has 0 radical (unpaired) electrons. The van der Waals surface area contributed by atoms with Crippen LogP contribution >= 0.6 is 0 Å². The molecule has 148 valence electrons. The van der Waals surface area contributed by atoms with E-state index in [2.05, 4.69) is 4.98 Å². The Balaban J connectivity index is 1.33. The van der Waals surface area contributed by atoms with Gasteiger partial charge in [0.25, 0.3) is 0 Å². The minimum absolute atomic E-state index is 0.0670. The zero-order valence-corrected chi connectivity index (χ0v) is 16.4. The van der Waals surface area contributed by atoms with Crippen LogP contribution in [0.3, 0.4) is 0 Å². The lowest BCUT2D eigenvalue weighted by Gasteiger charge is -2.04. The number of aromatic nitrogens is 1. The van der Waals surface area contributed by atoms with Crippen LogP contribution in [0.1, 0.15) is 17.0 Å². The maximum atomic E-state index is 12.5. The number of rotatable bonds is 5. The number of furan rings is 1. The number of aryl methyl sites for hydroxylation is 1. The van der Waals surface area contributed by atoms with Gasteiger partial charge in [-0.2, -0.15) is 0 Å². The van der Waals surface area contributed by atoms with E-state index >= 15 is 0 Å².